The summed E-state index contributed by atoms with van der Waals surface area (Å²) < 4.78 is 20.7. The third-order valence-electron chi connectivity index (χ3n) is 4.42. The highest BCUT2D eigenvalue weighted by atomic mass is 16.5. The fourth-order valence-corrected chi connectivity index (χ4v) is 2.80. The monoisotopic (exact) mass is 401 g/mol. The first-order chi connectivity index (χ1) is 14.0. The van der Waals surface area contributed by atoms with Gasteiger partial charge in [0, 0.05) is 12.0 Å². The molecule has 0 bridgehead atoms. The number of benzene rings is 2. The lowest BCUT2D eigenvalue weighted by Crippen LogP contribution is -2.31. The van der Waals surface area contributed by atoms with Crippen LogP contribution in [-0.4, -0.2) is 39.8 Å². The van der Waals surface area contributed by atoms with Gasteiger partial charge in [-0.15, -0.1) is 0 Å². The van der Waals surface area contributed by atoms with Crippen molar-refractivity contribution in [2.45, 2.75) is 25.8 Å². The molecule has 0 aromatic heterocycles. The van der Waals surface area contributed by atoms with E-state index < -0.39 is 5.97 Å². The molecule has 0 fully saturated rings. The molecule has 2 aromatic carbocycles. The second-order valence-corrected chi connectivity index (χ2v) is 6.41. The van der Waals surface area contributed by atoms with Crippen LogP contribution in [-0.2, 0) is 20.7 Å². The van der Waals surface area contributed by atoms with E-state index in [2.05, 4.69) is 5.32 Å². The molecule has 0 aliphatic rings. The van der Waals surface area contributed by atoms with Crippen molar-refractivity contribution in [1.29, 1.82) is 0 Å². The molecule has 7 heteroatoms. The van der Waals surface area contributed by atoms with Crippen molar-refractivity contribution in [3.63, 3.8) is 0 Å². The number of methoxy groups -OCH3 is 3. The van der Waals surface area contributed by atoms with Crippen LogP contribution >= 0.6 is 0 Å². The number of hydrogen-bond donors (Lipinski definition) is 1. The van der Waals surface area contributed by atoms with Gasteiger partial charge in [-0.3, -0.25) is 9.59 Å². The third kappa shape index (κ3) is 6.71. The Hall–Kier alpha value is -3.22. The standard InChI is InChI=1S/C22H27NO6/c1-15(19-13-18(27-3)10-11-20(19)28-4)23-21(24)14-29-22(25)12-7-16-5-8-17(26-2)9-6-16/h5-6,8-11,13,15H,7,12,14H2,1-4H3,(H,23,24)/t15-/m0/s1. The number of amides is 1. The lowest BCUT2D eigenvalue weighted by Gasteiger charge is -2.18. The van der Waals surface area contributed by atoms with Gasteiger partial charge in [0.25, 0.3) is 5.91 Å². The average Bonchev–Trinajstić information content (AvgIpc) is 2.75. The summed E-state index contributed by atoms with van der Waals surface area (Å²) in [5, 5.41) is 2.80. The Bertz CT molecular complexity index is 819. The molecule has 0 aliphatic carbocycles. The van der Waals surface area contributed by atoms with Crippen molar-refractivity contribution in [2.75, 3.05) is 27.9 Å². The molecule has 0 aliphatic heterocycles. The third-order valence-corrected chi connectivity index (χ3v) is 4.42. The fraction of sp³-hybridized carbons (Fsp3) is 0.364. The molecule has 1 atom stereocenters. The van der Waals surface area contributed by atoms with Crippen LogP contribution in [0.25, 0.3) is 0 Å². The minimum absolute atomic E-state index is 0.193. The van der Waals surface area contributed by atoms with E-state index in [4.69, 9.17) is 18.9 Å². The topological polar surface area (TPSA) is 83.1 Å². The van der Waals surface area contributed by atoms with E-state index in [1.54, 1.807) is 39.5 Å². The van der Waals surface area contributed by atoms with Gasteiger partial charge in [-0.1, -0.05) is 12.1 Å². The number of rotatable bonds is 10. The smallest absolute Gasteiger partial charge is 0.306 e. The quantitative estimate of drug-likeness (QED) is 0.616. The molecule has 0 saturated heterocycles. The van der Waals surface area contributed by atoms with E-state index in [1.165, 1.54) is 0 Å². The van der Waals surface area contributed by atoms with E-state index in [-0.39, 0.29) is 25.0 Å². The van der Waals surface area contributed by atoms with Gasteiger partial charge in [-0.2, -0.15) is 0 Å². The molecule has 0 unspecified atom stereocenters. The molecular weight excluding hydrogens is 374 g/mol. The highest BCUT2D eigenvalue weighted by molar-refractivity contribution is 5.81. The summed E-state index contributed by atoms with van der Waals surface area (Å²) in [4.78, 5) is 24.1. The van der Waals surface area contributed by atoms with Gasteiger partial charge in [0.15, 0.2) is 6.61 Å². The molecular formula is C22H27NO6. The van der Waals surface area contributed by atoms with E-state index in [0.29, 0.717) is 17.9 Å². The molecule has 0 saturated carbocycles. The maximum atomic E-state index is 12.2. The summed E-state index contributed by atoms with van der Waals surface area (Å²) in [6, 6.07) is 12.5. The van der Waals surface area contributed by atoms with Crippen LogP contribution in [0.4, 0.5) is 0 Å². The Labute approximate surface area is 170 Å². The van der Waals surface area contributed by atoms with Crippen molar-refractivity contribution >= 4 is 11.9 Å². The first kappa shape index (κ1) is 22.1. The number of ether oxygens (including phenoxy) is 4. The largest absolute Gasteiger partial charge is 0.497 e. The zero-order chi connectivity index (χ0) is 21.2. The van der Waals surface area contributed by atoms with Gasteiger partial charge in [-0.05, 0) is 49.2 Å². The summed E-state index contributed by atoms with van der Waals surface area (Å²) in [7, 11) is 4.73. The van der Waals surface area contributed by atoms with E-state index >= 15 is 0 Å². The zero-order valence-electron chi connectivity index (χ0n) is 17.2. The summed E-state index contributed by atoms with van der Waals surface area (Å²) in [6.45, 7) is 1.48. The Morgan fingerprint density at radius 3 is 2.21 bits per heavy atom. The average molecular weight is 401 g/mol. The SMILES string of the molecule is COc1ccc(CCC(=O)OCC(=O)N[C@@H](C)c2cc(OC)ccc2OC)cc1. The lowest BCUT2D eigenvalue weighted by molar-refractivity contribution is -0.148. The van der Waals surface area contributed by atoms with Crippen LogP contribution in [0.1, 0.15) is 30.5 Å². The van der Waals surface area contributed by atoms with Crippen molar-refractivity contribution in [3.8, 4) is 17.2 Å². The van der Waals surface area contributed by atoms with Gasteiger partial charge in [0.1, 0.15) is 17.2 Å². The Kier molecular flexibility index (Phi) is 8.33. The van der Waals surface area contributed by atoms with Gasteiger partial charge in [0.05, 0.1) is 27.4 Å². The lowest BCUT2D eigenvalue weighted by atomic mass is 10.1. The van der Waals surface area contributed by atoms with Crippen molar-refractivity contribution in [1.82, 2.24) is 5.32 Å². The van der Waals surface area contributed by atoms with Crippen molar-refractivity contribution in [2.24, 2.45) is 0 Å². The summed E-state index contributed by atoms with van der Waals surface area (Å²) in [5.74, 6) is 1.24. The molecule has 0 spiro atoms. The van der Waals surface area contributed by atoms with Gasteiger partial charge < -0.3 is 24.3 Å². The van der Waals surface area contributed by atoms with Crippen LogP contribution in [0.5, 0.6) is 17.2 Å². The van der Waals surface area contributed by atoms with Gasteiger partial charge in [-0.25, -0.2) is 0 Å². The molecule has 0 radical (unpaired) electrons. The molecule has 1 N–H and O–H groups in total. The normalized spacial score (nSPS) is 11.3. The van der Waals surface area contributed by atoms with E-state index in [9.17, 15) is 9.59 Å². The maximum Gasteiger partial charge on any atom is 0.306 e. The molecule has 7 nitrogen and oxygen atoms in total. The Balaban J connectivity index is 1.80. The van der Waals surface area contributed by atoms with Gasteiger partial charge >= 0.3 is 5.97 Å². The number of esters is 1. The van der Waals surface area contributed by atoms with Crippen LogP contribution in [0, 0.1) is 0 Å². The molecule has 2 aromatic rings. The zero-order valence-corrected chi connectivity index (χ0v) is 17.2. The van der Waals surface area contributed by atoms with Crippen molar-refractivity contribution in [3.05, 3.63) is 53.6 Å². The predicted octanol–water partition coefficient (Wildman–Crippen LogP) is 3.07. The van der Waals surface area contributed by atoms with Crippen LogP contribution < -0.4 is 19.5 Å². The first-order valence-electron chi connectivity index (χ1n) is 9.26. The van der Waals surface area contributed by atoms with Gasteiger partial charge in [0.2, 0.25) is 0 Å². The van der Waals surface area contributed by atoms with Crippen LogP contribution in [0.15, 0.2) is 42.5 Å². The molecule has 156 valence electrons. The molecule has 0 heterocycles. The van der Waals surface area contributed by atoms with Crippen LogP contribution in [0.2, 0.25) is 0 Å². The molecule has 1 amide bonds. The highest BCUT2D eigenvalue weighted by Crippen LogP contribution is 2.29. The molecule has 2 rings (SSSR count). The summed E-state index contributed by atoms with van der Waals surface area (Å²) in [5.41, 5.74) is 1.76. The Morgan fingerprint density at radius 1 is 0.931 bits per heavy atom. The summed E-state index contributed by atoms with van der Waals surface area (Å²) >= 11 is 0. The van der Waals surface area contributed by atoms with E-state index in [1.807, 2.05) is 31.2 Å². The molecule has 29 heavy (non-hydrogen) atoms. The summed E-state index contributed by atoms with van der Waals surface area (Å²) in [6.07, 6.45) is 0.723. The number of hydrogen-bond acceptors (Lipinski definition) is 6. The maximum absolute atomic E-state index is 12.2. The first-order valence-corrected chi connectivity index (χ1v) is 9.26. The van der Waals surface area contributed by atoms with E-state index in [0.717, 1.165) is 16.9 Å². The Morgan fingerprint density at radius 2 is 1.59 bits per heavy atom. The number of carbonyl (C=O) groups is 2. The predicted molar refractivity (Wildman–Crippen MR) is 108 cm³/mol. The fourth-order valence-electron chi connectivity index (χ4n) is 2.80. The second kappa shape index (κ2) is 10.9. The van der Waals surface area contributed by atoms with Crippen molar-refractivity contribution < 1.29 is 28.5 Å². The number of nitrogens with one attached hydrogen (secondary N) is 1. The number of aryl methyl sites for hydroxylation is 1. The number of carbonyl (C=O) groups excluding carboxylic acids is 2. The second-order valence-electron chi connectivity index (χ2n) is 6.41. The van der Waals surface area contributed by atoms with Crippen LogP contribution in [0.3, 0.4) is 0 Å². The minimum Gasteiger partial charge on any atom is -0.497 e. The minimum atomic E-state index is -0.428. The highest BCUT2D eigenvalue weighted by Gasteiger charge is 2.16.